The first-order valence-electron chi connectivity index (χ1n) is 6.63. The zero-order valence-electron chi connectivity index (χ0n) is 11.6. The molecule has 0 radical (unpaired) electrons. The van der Waals surface area contributed by atoms with Gasteiger partial charge in [-0.3, -0.25) is 4.79 Å². The van der Waals surface area contributed by atoms with Crippen LogP contribution in [0, 0.1) is 5.82 Å². The number of benzene rings is 2. The summed E-state index contributed by atoms with van der Waals surface area (Å²) < 4.78 is 12.8. The molecule has 1 unspecified atom stereocenters. The number of amides is 1. The minimum atomic E-state index is -0.781. The zero-order chi connectivity index (χ0) is 15.9. The average molecular weight is 340 g/mol. The van der Waals surface area contributed by atoms with Gasteiger partial charge in [-0.1, -0.05) is 23.7 Å². The van der Waals surface area contributed by atoms with Crippen LogP contribution in [-0.2, 0) is 4.79 Å². The second kappa shape index (κ2) is 8.17. The van der Waals surface area contributed by atoms with Gasteiger partial charge in [-0.05, 0) is 42.0 Å². The first kappa shape index (κ1) is 16.8. The molecule has 0 saturated heterocycles. The van der Waals surface area contributed by atoms with Crippen LogP contribution in [0.2, 0.25) is 5.02 Å². The maximum absolute atomic E-state index is 12.8. The number of hydrogen-bond acceptors (Lipinski definition) is 3. The molecular weight excluding hydrogens is 325 g/mol. The van der Waals surface area contributed by atoms with Gasteiger partial charge in [0.25, 0.3) is 0 Å². The Labute approximate surface area is 137 Å². The Morgan fingerprint density at radius 3 is 2.45 bits per heavy atom. The second-order valence-corrected chi connectivity index (χ2v) is 6.10. The van der Waals surface area contributed by atoms with Crippen molar-refractivity contribution in [1.29, 1.82) is 0 Å². The van der Waals surface area contributed by atoms with Gasteiger partial charge in [0.1, 0.15) is 5.82 Å². The van der Waals surface area contributed by atoms with Crippen molar-refractivity contribution in [2.45, 2.75) is 11.0 Å². The Bertz CT molecular complexity index is 619. The summed E-state index contributed by atoms with van der Waals surface area (Å²) in [6.07, 6.45) is -0.781. The molecule has 0 aliphatic carbocycles. The molecule has 0 heterocycles. The summed E-state index contributed by atoms with van der Waals surface area (Å²) in [5.41, 5.74) is 0.691. The van der Waals surface area contributed by atoms with Crippen molar-refractivity contribution in [2.24, 2.45) is 0 Å². The molecular formula is C16H15ClFNO2S. The Morgan fingerprint density at radius 2 is 1.82 bits per heavy atom. The van der Waals surface area contributed by atoms with E-state index in [4.69, 9.17) is 11.6 Å². The lowest BCUT2D eigenvalue weighted by Gasteiger charge is -2.12. The summed E-state index contributed by atoms with van der Waals surface area (Å²) in [6, 6.07) is 12.7. The molecule has 0 aromatic heterocycles. The molecule has 0 aliphatic heterocycles. The topological polar surface area (TPSA) is 49.3 Å². The molecule has 22 heavy (non-hydrogen) atoms. The number of carbonyl (C=O) groups is 1. The van der Waals surface area contributed by atoms with Gasteiger partial charge in [0.2, 0.25) is 5.91 Å². The van der Waals surface area contributed by atoms with Gasteiger partial charge in [0.15, 0.2) is 0 Å². The monoisotopic (exact) mass is 339 g/mol. The number of aliphatic hydroxyl groups excluding tert-OH is 1. The van der Waals surface area contributed by atoms with Gasteiger partial charge in [0.05, 0.1) is 11.9 Å². The normalized spacial score (nSPS) is 12.0. The van der Waals surface area contributed by atoms with Crippen molar-refractivity contribution in [3.63, 3.8) is 0 Å². The van der Waals surface area contributed by atoms with Gasteiger partial charge in [0, 0.05) is 16.5 Å². The van der Waals surface area contributed by atoms with E-state index in [-0.39, 0.29) is 24.0 Å². The average Bonchev–Trinajstić information content (AvgIpc) is 2.52. The van der Waals surface area contributed by atoms with Gasteiger partial charge in [-0.25, -0.2) is 4.39 Å². The number of thioether (sulfide) groups is 1. The van der Waals surface area contributed by atoms with E-state index in [2.05, 4.69) is 5.32 Å². The first-order chi connectivity index (χ1) is 10.5. The van der Waals surface area contributed by atoms with Crippen LogP contribution in [0.4, 0.5) is 4.39 Å². The Hall–Kier alpha value is -1.56. The number of halogens is 2. The lowest BCUT2D eigenvalue weighted by molar-refractivity contribution is -0.119. The van der Waals surface area contributed by atoms with Crippen LogP contribution in [0.25, 0.3) is 0 Å². The van der Waals surface area contributed by atoms with Crippen molar-refractivity contribution in [2.75, 3.05) is 12.3 Å². The molecule has 2 rings (SSSR count). The molecule has 0 fully saturated rings. The lowest BCUT2D eigenvalue weighted by Crippen LogP contribution is -2.29. The molecule has 0 aliphatic rings. The summed E-state index contributed by atoms with van der Waals surface area (Å²) in [7, 11) is 0. The van der Waals surface area contributed by atoms with Crippen LogP contribution < -0.4 is 5.32 Å². The van der Waals surface area contributed by atoms with E-state index in [1.807, 2.05) is 0 Å². The van der Waals surface area contributed by atoms with Crippen LogP contribution in [0.3, 0.4) is 0 Å². The highest BCUT2D eigenvalue weighted by Gasteiger charge is 2.09. The highest BCUT2D eigenvalue weighted by Crippen LogP contribution is 2.18. The highest BCUT2D eigenvalue weighted by molar-refractivity contribution is 8.00. The summed E-state index contributed by atoms with van der Waals surface area (Å²) >= 11 is 7.08. The van der Waals surface area contributed by atoms with E-state index >= 15 is 0 Å². The van der Waals surface area contributed by atoms with Crippen LogP contribution in [0.15, 0.2) is 53.4 Å². The van der Waals surface area contributed by atoms with Crippen molar-refractivity contribution in [1.82, 2.24) is 5.32 Å². The Morgan fingerprint density at radius 1 is 1.18 bits per heavy atom. The maximum atomic E-state index is 12.8. The van der Waals surface area contributed by atoms with Crippen molar-refractivity contribution < 1.29 is 14.3 Å². The summed E-state index contributed by atoms with van der Waals surface area (Å²) in [5, 5.41) is 13.2. The minimum absolute atomic E-state index is 0.129. The van der Waals surface area contributed by atoms with Crippen molar-refractivity contribution >= 4 is 29.3 Å². The highest BCUT2D eigenvalue weighted by atomic mass is 35.5. The third-order valence-corrected chi connectivity index (χ3v) is 4.19. The maximum Gasteiger partial charge on any atom is 0.230 e. The van der Waals surface area contributed by atoms with E-state index in [0.29, 0.717) is 10.6 Å². The smallest absolute Gasteiger partial charge is 0.230 e. The predicted octanol–water partition coefficient (Wildman–Crippen LogP) is 3.42. The van der Waals surface area contributed by atoms with Crippen LogP contribution >= 0.6 is 23.4 Å². The SMILES string of the molecule is O=C(CSc1ccc(F)cc1)NCC(O)c1ccc(Cl)cc1. The molecule has 0 saturated carbocycles. The zero-order valence-corrected chi connectivity index (χ0v) is 13.2. The molecule has 2 N–H and O–H groups in total. The number of carbonyl (C=O) groups excluding carboxylic acids is 1. The molecule has 0 spiro atoms. The van der Waals surface area contributed by atoms with E-state index in [0.717, 1.165) is 4.90 Å². The fourth-order valence-electron chi connectivity index (χ4n) is 1.74. The number of aliphatic hydroxyl groups is 1. The summed E-state index contributed by atoms with van der Waals surface area (Å²) in [4.78, 5) is 12.5. The molecule has 3 nitrogen and oxygen atoms in total. The molecule has 116 valence electrons. The fraction of sp³-hybridized carbons (Fsp3) is 0.188. The third kappa shape index (κ3) is 5.33. The molecule has 6 heteroatoms. The first-order valence-corrected chi connectivity index (χ1v) is 7.99. The van der Waals surface area contributed by atoms with Crippen LogP contribution in [0.1, 0.15) is 11.7 Å². The van der Waals surface area contributed by atoms with Crippen LogP contribution in [-0.4, -0.2) is 23.3 Å². The molecule has 0 bridgehead atoms. The third-order valence-electron chi connectivity index (χ3n) is 2.93. The molecule has 1 atom stereocenters. The molecule has 1 amide bonds. The van der Waals surface area contributed by atoms with E-state index in [1.165, 1.54) is 23.9 Å². The minimum Gasteiger partial charge on any atom is -0.387 e. The molecule has 2 aromatic rings. The van der Waals surface area contributed by atoms with Crippen molar-refractivity contribution in [3.8, 4) is 0 Å². The van der Waals surface area contributed by atoms with Gasteiger partial charge < -0.3 is 10.4 Å². The lowest BCUT2D eigenvalue weighted by atomic mass is 10.1. The standard InChI is InChI=1S/C16H15ClFNO2S/c17-12-3-1-11(2-4-12)15(20)9-19-16(21)10-22-14-7-5-13(18)6-8-14/h1-8,15,20H,9-10H2,(H,19,21). The largest absolute Gasteiger partial charge is 0.387 e. The quantitative estimate of drug-likeness (QED) is 0.793. The van der Waals surface area contributed by atoms with E-state index in [1.54, 1.807) is 36.4 Å². The van der Waals surface area contributed by atoms with Crippen molar-refractivity contribution in [3.05, 3.63) is 64.9 Å². The summed E-state index contributed by atoms with van der Waals surface area (Å²) in [5.74, 6) is -0.291. The molecule has 2 aromatic carbocycles. The Balaban J connectivity index is 1.75. The van der Waals surface area contributed by atoms with E-state index < -0.39 is 6.10 Å². The van der Waals surface area contributed by atoms with Gasteiger partial charge in [-0.2, -0.15) is 0 Å². The predicted molar refractivity (Wildman–Crippen MR) is 86.5 cm³/mol. The van der Waals surface area contributed by atoms with Gasteiger partial charge in [-0.15, -0.1) is 11.8 Å². The number of hydrogen-bond donors (Lipinski definition) is 2. The Kier molecular flexibility index (Phi) is 6.24. The van der Waals surface area contributed by atoms with Crippen LogP contribution in [0.5, 0.6) is 0 Å². The second-order valence-electron chi connectivity index (χ2n) is 4.61. The van der Waals surface area contributed by atoms with E-state index in [9.17, 15) is 14.3 Å². The fourth-order valence-corrected chi connectivity index (χ4v) is 2.60. The number of rotatable bonds is 6. The van der Waals surface area contributed by atoms with Gasteiger partial charge >= 0.3 is 0 Å². The summed E-state index contributed by atoms with van der Waals surface area (Å²) in [6.45, 7) is 0.129. The number of nitrogens with one attached hydrogen (secondary N) is 1.